The van der Waals surface area contributed by atoms with Crippen molar-refractivity contribution < 1.29 is 9.53 Å². The van der Waals surface area contributed by atoms with Gasteiger partial charge in [-0.15, -0.1) is 0 Å². The Morgan fingerprint density at radius 1 is 1.26 bits per heavy atom. The third-order valence-electron chi connectivity index (χ3n) is 5.17. The fourth-order valence-corrected chi connectivity index (χ4v) is 3.54. The van der Waals surface area contributed by atoms with E-state index in [0.29, 0.717) is 32.8 Å². The fraction of sp³-hybridized carbons (Fsp3) is 0.450. The maximum atomic E-state index is 12.4. The molecule has 0 spiro atoms. The van der Waals surface area contributed by atoms with Gasteiger partial charge in [0, 0.05) is 44.1 Å². The van der Waals surface area contributed by atoms with Gasteiger partial charge in [-0.05, 0) is 30.5 Å². The number of aryl methyl sites for hydroxylation is 1. The summed E-state index contributed by atoms with van der Waals surface area (Å²) >= 11 is 0. The third kappa shape index (κ3) is 4.09. The second kappa shape index (κ2) is 8.02. The van der Waals surface area contributed by atoms with Gasteiger partial charge in [0.15, 0.2) is 5.82 Å². The summed E-state index contributed by atoms with van der Waals surface area (Å²) < 4.78 is 7.15. The van der Waals surface area contributed by atoms with Crippen molar-refractivity contribution in [3.8, 4) is 5.82 Å². The first-order chi connectivity index (χ1) is 13.2. The molecule has 142 valence electrons. The largest absolute Gasteiger partial charge is 0.378 e. The molecule has 1 amide bonds. The number of ether oxygens (including phenoxy) is 1. The van der Waals surface area contributed by atoms with E-state index < -0.39 is 0 Å². The van der Waals surface area contributed by atoms with Gasteiger partial charge in [0.2, 0.25) is 5.91 Å². The Bertz CT molecular complexity index is 838. The van der Waals surface area contributed by atoms with Crippen molar-refractivity contribution >= 4 is 11.5 Å². The van der Waals surface area contributed by atoms with Gasteiger partial charge in [0.1, 0.15) is 0 Å². The summed E-state index contributed by atoms with van der Waals surface area (Å²) in [4.78, 5) is 20.9. The predicted molar refractivity (Wildman–Crippen MR) is 103 cm³/mol. The van der Waals surface area contributed by atoms with Gasteiger partial charge in [-0.25, -0.2) is 9.67 Å². The van der Waals surface area contributed by atoms with Gasteiger partial charge < -0.3 is 9.64 Å². The Morgan fingerprint density at radius 3 is 2.85 bits per heavy atom. The molecule has 0 N–H and O–H groups in total. The molecule has 0 atom stereocenters. The SMILES string of the molecule is Cc1cccnc1-n1cc(C2=CCN(CC(=O)N3CCOCC3)CC2)cn1. The summed E-state index contributed by atoms with van der Waals surface area (Å²) in [5.41, 5.74) is 3.50. The Kier molecular flexibility index (Phi) is 5.31. The van der Waals surface area contributed by atoms with E-state index in [1.807, 2.05) is 41.0 Å². The van der Waals surface area contributed by atoms with E-state index in [0.717, 1.165) is 36.5 Å². The summed E-state index contributed by atoms with van der Waals surface area (Å²) in [5.74, 6) is 1.06. The quantitative estimate of drug-likeness (QED) is 0.820. The van der Waals surface area contributed by atoms with Crippen LogP contribution in [0, 0.1) is 6.92 Å². The standard InChI is InChI=1S/C20H25N5O2/c1-16-3-2-6-21-20(16)25-14-18(13-22-25)17-4-7-23(8-5-17)15-19(26)24-9-11-27-12-10-24/h2-4,6,13-14H,5,7-12,15H2,1H3. The molecule has 2 aromatic heterocycles. The lowest BCUT2D eigenvalue weighted by atomic mass is 10.0. The van der Waals surface area contributed by atoms with Crippen LogP contribution in [0.15, 0.2) is 36.8 Å². The normalized spacial score (nSPS) is 18.4. The van der Waals surface area contributed by atoms with E-state index in [4.69, 9.17) is 4.74 Å². The van der Waals surface area contributed by atoms with E-state index in [1.165, 1.54) is 5.57 Å². The molecule has 2 aliphatic heterocycles. The van der Waals surface area contributed by atoms with Crippen LogP contribution in [0.1, 0.15) is 17.5 Å². The average Bonchev–Trinajstić information content (AvgIpc) is 3.19. The van der Waals surface area contributed by atoms with Crippen LogP contribution in [0.4, 0.5) is 0 Å². The highest BCUT2D eigenvalue weighted by Crippen LogP contribution is 2.23. The second-order valence-electron chi connectivity index (χ2n) is 7.03. The van der Waals surface area contributed by atoms with Crippen LogP contribution in [0.2, 0.25) is 0 Å². The van der Waals surface area contributed by atoms with Crippen molar-refractivity contribution in [3.63, 3.8) is 0 Å². The molecule has 0 aromatic carbocycles. The maximum Gasteiger partial charge on any atom is 0.236 e. The fourth-order valence-electron chi connectivity index (χ4n) is 3.54. The molecule has 0 radical (unpaired) electrons. The third-order valence-corrected chi connectivity index (χ3v) is 5.17. The molecule has 7 heteroatoms. The molecule has 27 heavy (non-hydrogen) atoms. The Hall–Kier alpha value is -2.51. The van der Waals surface area contributed by atoms with E-state index in [9.17, 15) is 4.79 Å². The van der Waals surface area contributed by atoms with Crippen LogP contribution in [-0.4, -0.2) is 76.4 Å². The summed E-state index contributed by atoms with van der Waals surface area (Å²) in [6.45, 7) is 6.91. The molecule has 4 heterocycles. The number of rotatable bonds is 4. The molecule has 0 saturated carbocycles. The Balaban J connectivity index is 1.38. The van der Waals surface area contributed by atoms with E-state index >= 15 is 0 Å². The first-order valence-electron chi connectivity index (χ1n) is 9.44. The zero-order valence-electron chi connectivity index (χ0n) is 15.7. The number of pyridine rings is 1. The molecule has 7 nitrogen and oxygen atoms in total. The molecule has 1 saturated heterocycles. The zero-order chi connectivity index (χ0) is 18.6. The van der Waals surface area contributed by atoms with Gasteiger partial charge in [-0.1, -0.05) is 12.1 Å². The van der Waals surface area contributed by atoms with Crippen LogP contribution in [-0.2, 0) is 9.53 Å². The van der Waals surface area contributed by atoms with Crippen LogP contribution in [0.3, 0.4) is 0 Å². The van der Waals surface area contributed by atoms with Crippen molar-refractivity contribution in [3.05, 3.63) is 47.9 Å². The lowest BCUT2D eigenvalue weighted by Crippen LogP contribution is -2.46. The van der Waals surface area contributed by atoms with Crippen molar-refractivity contribution in [2.24, 2.45) is 0 Å². The first kappa shape index (κ1) is 17.9. The molecule has 0 bridgehead atoms. The lowest BCUT2D eigenvalue weighted by Gasteiger charge is -2.31. The predicted octanol–water partition coefficient (Wildman–Crippen LogP) is 1.52. The molecule has 0 aliphatic carbocycles. The number of amides is 1. The highest BCUT2D eigenvalue weighted by atomic mass is 16.5. The Morgan fingerprint density at radius 2 is 2.11 bits per heavy atom. The summed E-state index contributed by atoms with van der Waals surface area (Å²) in [5, 5.41) is 4.48. The highest BCUT2D eigenvalue weighted by molar-refractivity contribution is 5.78. The molecule has 0 unspecified atom stereocenters. The van der Waals surface area contributed by atoms with Crippen LogP contribution >= 0.6 is 0 Å². The molecule has 2 aliphatic rings. The van der Waals surface area contributed by atoms with Crippen molar-refractivity contribution in [2.45, 2.75) is 13.3 Å². The van der Waals surface area contributed by atoms with Crippen molar-refractivity contribution in [1.29, 1.82) is 0 Å². The molecule has 4 rings (SSSR count). The molecule has 1 fully saturated rings. The van der Waals surface area contributed by atoms with Gasteiger partial charge in [-0.3, -0.25) is 9.69 Å². The van der Waals surface area contributed by atoms with Crippen LogP contribution in [0.25, 0.3) is 11.4 Å². The Labute approximate surface area is 159 Å². The minimum atomic E-state index is 0.202. The van der Waals surface area contributed by atoms with Gasteiger partial charge >= 0.3 is 0 Å². The van der Waals surface area contributed by atoms with Crippen molar-refractivity contribution in [1.82, 2.24) is 24.6 Å². The second-order valence-corrected chi connectivity index (χ2v) is 7.03. The topological polar surface area (TPSA) is 63.5 Å². The number of carbonyl (C=O) groups excluding carboxylic acids is 1. The van der Waals surface area contributed by atoms with Gasteiger partial charge in [-0.2, -0.15) is 5.10 Å². The van der Waals surface area contributed by atoms with E-state index in [-0.39, 0.29) is 5.91 Å². The first-order valence-corrected chi connectivity index (χ1v) is 9.44. The number of aromatic nitrogens is 3. The summed E-state index contributed by atoms with van der Waals surface area (Å²) in [6, 6.07) is 3.96. The number of nitrogens with zero attached hydrogens (tertiary/aromatic N) is 5. The lowest BCUT2D eigenvalue weighted by molar-refractivity contribution is -0.136. The number of hydrogen-bond acceptors (Lipinski definition) is 5. The number of morpholine rings is 1. The van der Waals surface area contributed by atoms with Gasteiger partial charge in [0.05, 0.1) is 26.0 Å². The van der Waals surface area contributed by atoms with Crippen LogP contribution < -0.4 is 0 Å². The molecular weight excluding hydrogens is 342 g/mol. The minimum absolute atomic E-state index is 0.202. The number of carbonyl (C=O) groups is 1. The monoisotopic (exact) mass is 367 g/mol. The molecular formula is C20H25N5O2. The average molecular weight is 367 g/mol. The van der Waals surface area contributed by atoms with E-state index in [2.05, 4.69) is 21.1 Å². The van der Waals surface area contributed by atoms with Crippen molar-refractivity contribution in [2.75, 3.05) is 45.9 Å². The smallest absolute Gasteiger partial charge is 0.236 e. The number of hydrogen-bond donors (Lipinski definition) is 0. The zero-order valence-corrected chi connectivity index (χ0v) is 15.7. The van der Waals surface area contributed by atoms with Crippen LogP contribution in [0.5, 0.6) is 0 Å². The summed E-state index contributed by atoms with van der Waals surface area (Å²) in [6.07, 6.45) is 8.85. The summed E-state index contributed by atoms with van der Waals surface area (Å²) in [7, 11) is 0. The molecule has 2 aromatic rings. The minimum Gasteiger partial charge on any atom is -0.378 e. The van der Waals surface area contributed by atoms with E-state index in [1.54, 1.807) is 6.20 Å². The maximum absolute atomic E-state index is 12.4. The van der Waals surface area contributed by atoms with Gasteiger partial charge in [0.25, 0.3) is 0 Å². The highest BCUT2D eigenvalue weighted by Gasteiger charge is 2.21.